The summed E-state index contributed by atoms with van der Waals surface area (Å²) in [6.45, 7) is 11.0. The third-order valence-electron chi connectivity index (χ3n) is 3.26. The molecule has 1 aliphatic rings. The summed E-state index contributed by atoms with van der Waals surface area (Å²) < 4.78 is 6.22. The maximum atomic E-state index is 6.22. The van der Waals surface area contributed by atoms with Gasteiger partial charge in [-0.2, -0.15) is 0 Å². The summed E-state index contributed by atoms with van der Waals surface area (Å²) in [5, 5.41) is 3.51. The van der Waals surface area contributed by atoms with Gasteiger partial charge < -0.3 is 10.1 Å². The van der Waals surface area contributed by atoms with Crippen LogP contribution in [0.4, 0.5) is 0 Å². The smallest absolute Gasteiger partial charge is 0.0805 e. The molecule has 2 nitrogen and oxygen atoms in total. The van der Waals surface area contributed by atoms with Gasteiger partial charge in [0, 0.05) is 13.1 Å². The Morgan fingerprint density at radius 1 is 1.36 bits per heavy atom. The van der Waals surface area contributed by atoms with E-state index in [1.54, 1.807) is 0 Å². The third kappa shape index (κ3) is 2.96. The van der Waals surface area contributed by atoms with Crippen LogP contribution in [0.5, 0.6) is 0 Å². The number of ether oxygens (including phenoxy) is 1. The second-order valence-electron chi connectivity index (χ2n) is 4.89. The van der Waals surface area contributed by atoms with E-state index in [9.17, 15) is 0 Å². The number of nitrogens with one attached hydrogen (secondary N) is 1. The van der Waals surface area contributed by atoms with Crippen LogP contribution >= 0.6 is 0 Å². The average Bonchev–Trinajstić information content (AvgIpc) is 2.17. The van der Waals surface area contributed by atoms with E-state index >= 15 is 0 Å². The summed E-state index contributed by atoms with van der Waals surface area (Å²) in [7, 11) is 0. The van der Waals surface area contributed by atoms with Crippen LogP contribution in [-0.2, 0) is 4.74 Å². The highest BCUT2D eigenvalue weighted by Crippen LogP contribution is 2.26. The fraction of sp³-hybridized carbons (Fsp3) is 1.00. The molecule has 1 aliphatic heterocycles. The molecule has 2 heteroatoms. The monoisotopic (exact) mass is 199 g/mol. The van der Waals surface area contributed by atoms with E-state index in [4.69, 9.17) is 4.74 Å². The van der Waals surface area contributed by atoms with Crippen LogP contribution in [0.2, 0.25) is 0 Å². The van der Waals surface area contributed by atoms with E-state index in [1.165, 1.54) is 6.42 Å². The lowest BCUT2D eigenvalue weighted by Crippen LogP contribution is -2.53. The molecule has 0 radical (unpaired) electrons. The summed E-state index contributed by atoms with van der Waals surface area (Å²) in [4.78, 5) is 0. The van der Waals surface area contributed by atoms with Crippen LogP contribution in [0.15, 0.2) is 0 Å². The molecule has 0 bridgehead atoms. The van der Waals surface area contributed by atoms with Crippen molar-refractivity contribution in [2.24, 2.45) is 5.92 Å². The van der Waals surface area contributed by atoms with Gasteiger partial charge in [0.25, 0.3) is 0 Å². The van der Waals surface area contributed by atoms with Gasteiger partial charge in [-0.3, -0.25) is 0 Å². The minimum atomic E-state index is 0.109. The highest BCUT2D eigenvalue weighted by atomic mass is 16.5. The van der Waals surface area contributed by atoms with Crippen LogP contribution < -0.4 is 5.32 Å². The van der Waals surface area contributed by atoms with E-state index < -0.39 is 0 Å². The zero-order chi connectivity index (χ0) is 10.6. The van der Waals surface area contributed by atoms with Gasteiger partial charge in [0.05, 0.1) is 11.7 Å². The minimum absolute atomic E-state index is 0.109. The van der Waals surface area contributed by atoms with Gasteiger partial charge in [0.15, 0.2) is 0 Å². The van der Waals surface area contributed by atoms with Crippen molar-refractivity contribution in [3.8, 4) is 0 Å². The summed E-state index contributed by atoms with van der Waals surface area (Å²) in [6.07, 6.45) is 3.83. The highest BCUT2D eigenvalue weighted by molar-refractivity contribution is 4.87. The van der Waals surface area contributed by atoms with Crippen molar-refractivity contribution in [3.05, 3.63) is 0 Å². The summed E-state index contributed by atoms with van der Waals surface area (Å²) in [6, 6.07) is 0. The Hall–Kier alpha value is -0.0800. The first-order valence-electron chi connectivity index (χ1n) is 6.00. The van der Waals surface area contributed by atoms with Crippen molar-refractivity contribution in [3.63, 3.8) is 0 Å². The summed E-state index contributed by atoms with van der Waals surface area (Å²) in [5.74, 6) is 0.728. The highest BCUT2D eigenvalue weighted by Gasteiger charge is 2.33. The summed E-state index contributed by atoms with van der Waals surface area (Å²) >= 11 is 0. The Balaban J connectivity index is 2.49. The second kappa shape index (κ2) is 5.13. The van der Waals surface area contributed by atoms with Crippen LogP contribution in [0.3, 0.4) is 0 Å². The first kappa shape index (κ1) is 12.0. The van der Waals surface area contributed by atoms with Gasteiger partial charge in [-0.25, -0.2) is 0 Å². The van der Waals surface area contributed by atoms with Gasteiger partial charge in [-0.05, 0) is 25.2 Å². The number of hydrogen-bond acceptors (Lipinski definition) is 2. The molecular formula is C12H25NO. The number of hydrogen-bond donors (Lipinski definition) is 1. The molecule has 1 saturated heterocycles. The lowest BCUT2D eigenvalue weighted by atomic mass is 9.93. The number of morpholine rings is 1. The first-order chi connectivity index (χ1) is 6.62. The van der Waals surface area contributed by atoms with Crippen LogP contribution in [0.25, 0.3) is 0 Å². The lowest BCUT2D eigenvalue weighted by Gasteiger charge is -2.41. The van der Waals surface area contributed by atoms with Crippen molar-refractivity contribution in [1.82, 2.24) is 5.32 Å². The fourth-order valence-electron chi connectivity index (χ4n) is 2.22. The first-order valence-corrected chi connectivity index (χ1v) is 6.00. The molecule has 0 saturated carbocycles. The van der Waals surface area contributed by atoms with E-state index in [0.717, 1.165) is 31.8 Å². The Morgan fingerprint density at radius 3 is 2.50 bits per heavy atom. The predicted molar refractivity (Wildman–Crippen MR) is 60.5 cm³/mol. The van der Waals surface area contributed by atoms with Crippen LogP contribution in [0, 0.1) is 5.92 Å². The topological polar surface area (TPSA) is 21.3 Å². The molecular weight excluding hydrogens is 174 g/mol. The maximum absolute atomic E-state index is 6.22. The van der Waals surface area contributed by atoms with Crippen molar-refractivity contribution in [1.29, 1.82) is 0 Å². The molecule has 1 unspecified atom stereocenters. The van der Waals surface area contributed by atoms with Crippen molar-refractivity contribution in [2.75, 3.05) is 13.1 Å². The Morgan fingerprint density at radius 2 is 2.00 bits per heavy atom. The van der Waals surface area contributed by atoms with Gasteiger partial charge in [0.1, 0.15) is 0 Å². The van der Waals surface area contributed by atoms with Crippen molar-refractivity contribution in [2.45, 2.75) is 58.7 Å². The largest absolute Gasteiger partial charge is 0.369 e. The molecule has 0 amide bonds. The third-order valence-corrected chi connectivity index (χ3v) is 3.26. The minimum Gasteiger partial charge on any atom is -0.369 e. The van der Waals surface area contributed by atoms with E-state index in [0.29, 0.717) is 6.10 Å². The van der Waals surface area contributed by atoms with Crippen LogP contribution in [-0.4, -0.2) is 24.8 Å². The molecule has 84 valence electrons. The Bertz CT molecular complexity index is 164. The molecule has 1 heterocycles. The lowest BCUT2D eigenvalue weighted by molar-refractivity contribution is -0.125. The Kier molecular flexibility index (Phi) is 4.39. The molecule has 0 aromatic rings. The Labute approximate surface area is 88.4 Å². The molecule has 0 spiro atoms. The number of rotatable bonds is 4. The standard InChI is InChI=1S/C12H25NO/c1-5-12(6-2)9-13-8-11(14-12)7-10(3)4/h10-11,13H,5-9H2,1-4H3. The molecule has 1 atom stereocenters. The zero-order valence-corrected chi connectivity index (χ0v) is 10.1. The van der Waals surface area contributed by atoms with Crippen LogP contribution in [0.1, 0.15) is 47.0 Å². The molecule has 1 fully saturated rings. The van der Waals surface area contributed by atoms with Gasteiger partial charge in [0.2, 0.25) is 0 Å². The SMILES string of the molecule is CCC1(CC)CNCC(CC(C)C)O1. The maximum Gasteiger partial charge on any atom is 0.0805 e. The second-order valence-corrected chi connectivity index (χ2v) is 4.89. The van der Waals surface area contributed by atoms with Gasteiger partial charge in [-0.15, -0.1) is 0 Å². The molecule has 0 aliphatic carbocycles. The van der Waals surface area contributed by atoms with Gasteiger partial charge >= 0.3 is 0 Å². The van der Waals surface area contributed by atoms with Crippen molar-refractivity contribution >= 4 is 0 Å². The molecule has 0 aromatic heterocycles. The quantitative estimate of drug-likeness (QED) is 0.751. The zero-order valence-electron chi connectivity index (χ0n) is 10.1. The molecule has 1 N–H and O–H groups in total. The van der Waals surface area contributed by atoms with Crippen molar-refractivity contribution < 1.29 is 4.74 Å². The molecule has 14 heavy (non-hydrogen) atoms. The van der Waals surface area contributed by atoms with E-state index in [-0.39, 0.29) is 5.60 Å². The van der Waals surface area contributed by atoms with E-state index in [2.05, 4.69) is 33.0 Å². The van der Waals surface area contributed by atoms with E-state index in [1.807, 2.05) is 0 Å². The fourth-order valence-corrected chi connectivity index (χ4v) is 2.22. The normalized spacial score (nSPS) is 26.8. The summed E-state index contributed by atoms with van der Waals surface area (Å²) in [5.41, 5.74) is 0.109. The van der Waals surface area contributed by atoms with Gasteiger partial charge in [-0.1, -0.05) is 27.7 Å². The predicted octanol–water partition coefficient (Wildman–Crippen LogP) is 2.58. The average molecular weight is 199 g/mol. The molecule has 0 aromatic carbocycles. The molecule has 1 rings (SSSR count).